The maximum absolute atomic E-state index is 12.4. The van der Waals surface area contributed by atoms with Crippen LogP contribution >= 0.6 is 0 Å². The molecule has 0 unspecified atom stereocenters. The van der Waals surface area contributed by atoms with Crippen LogP contribution in [0.3, 0.4) is 0 Å². The Morgan fingerprint density at radius 3 is 2.78 bits per heavy atom. The predicted octanol–water partition coefficient (Wildman–Crippen LogP) is 3.28. The minimum absolute atomic E-state index is 0.220. The first-order chi connectivity index (χ1) is 8.72. The molecule has 0 radical (unpaired) electrons. The minimum Gasteiger partial charge on any atom is -0.358 e. The van der Waals surface area contributed by atoms with E-state index >= 15 is 0 Å². The molecule has 2 nitrogen and oxygen atoms in total. The van der Waals surface area contributed by atoms with E-state index in [-0.39, 0.29) is 5.43 Å². The average Bonchev–Trinajstić information content (AvgIpc) is 2.39. The number of rotatable bonds is 1. The highest BCUT2D eigenvalue weighted by Gasteiger charge is 2.16. The fraction of sp³-hybridized carbons (Fsp3) is 0.438. The van der Waals surface area contributed by atoms with Crippen LogP contribution in [0.25, 0.3) is 10.9 Å². The first-order valence-electron chi connectivity index (χ1n) is 6.88. The Balaban J connectivity index is 2.40. The van der Waals surface area contributed by atoms with Gasteiger partial charge >= 0.3 is 0 Å². The van der Waals surface area contributed by atoms with Gasteiger partial charge in [-0.1, -0.05) is 13.0 Å². The van der Waals surface area contributed by atoms with Gasteiger partial charge in [-0.15, -0.1) is 0 Å². The van der Waals surface area contributed by atoms with Crippen molar-refractivity contribution in [3.63, 3.8) is 0 Å². The van der Waals surface area contributed by atoms with Crippen LogP contribution in [0.5, 0.6) is 0 Å². The molecule has 2 aromatic rings. The summed E-state index contributed by atoms with van der Waals surface area (Å²) >= 11 is 0. The fourth-order valence-corrected chi connectivity index (χ4v) is 3.18. The van der Waals surface area contributed by atoms with Crippen molar-refractivity contribution in [1.29, 1.82) is 0 Å². The molecule has 1 aromatic heterocycles. The summed E-state index contributed by atoms with van der Waals surface area (Å²) in [6.45, 7) is 4.06. The fourth-order valence-electron chi connectivity index (χ4n) is 3.18. The van der Waals surface area contributed by atoms with Crippen molar-refractivity contribution < 1.29 is 0 Å². The predicted molar refractivity (Wildman–Crippen MR) is 75.3 cm³/mol. The summed E-state index contributed by atoms with van der Waals surface area (Å²) in [5.74, 6) is 0. The van der Waals surface area contributed by atoms with E-state index in [1.54, 1.807) is 0 Å². The lowest BCUT2D eigenvalue weighted by molar-refractivity contribution is 0.688. The molecule has 1 N–H and O–H groups in total. The summed E-state index contributed by atoms with van der Waals surface area (Å²) in [6, 6.07) is 4.16. The van der Waals surface area contributed by atoms with Gasteiger partial charge in [0.15, 0.2) is 5.43 Å². The van der Waals surface area contributed by atoms with Crippen molar-refractivity contribution in [2.45, 2.75) is 46.0 Å². The first kappa shape index (κ1) is 11.5. The van der Waals surface area contributed by atoms with Gasteiger partial charge in [0.1, 0.15) is 0 Å². The quantitative estimate of drug-likeness (QED) is 0.816. The van der Waals surface area contributed by atoms with Crippen molar-refractivity contribution in [3.05, 3.63) is 44.7 Å². The normalized spacial score (nSPS) is 14.8. The Morgan fingerprint density at radius 2 is 2.00 bits per heavy atom. The summed E-state index contributed by atoms with van der Waals surface area (Å²) in [6.07, 6.45) is 5.57. The van der Waals surface area contributed by atoms with Crippen molar-refractivity contribution in [3.8, 4) is 0 Å². The van der Waals surface area contributed by atoms with Crippen LogP contribution in [0.1, 0.15) is 42.1 Å². The second-order valence-corrected chi connectivity index (χ2v) is 5.24. The summed E-state index contributed by atoms with van der Waals surface area (Å²) in [5.41, 5.74) is 6.07. The van der Waals surface area contributed by atoms with E-state index in [1.165, 1.54) is 24.0 Å². The van der Waals surface area contributed by atoms with E-state index in [0.717, 1.165) is 41.4 Å². The van der Waals surface area contributed by atoms with E-state index in [2.05, 4.69) is 11.1 Å². The van der Waals surface area contributed by atoms with Crippen molar-refractivity contribution in [1.82, 2.24) is 4.98 Å². The Hall–Kier alpha value is -1.57. The molecular formula is C16H19NO. The molecule has 94 valence electrons. The monoisotopic (exact) mass is 241 g/mol. The van der Waals surface area contributed by atoms with Crippen molar-refractivity contribution in [2.24, 2.45) is 0 Å². The van der Waals surface area contributed by atoms with Crippen LogP contribution in [-0.4, -0.2) is 4.98 Å². The average molecular weight is 241 g/mol. The second kappa shape index (κ2) is 4.27. The lowest BCUT2D eigenvalue weighted by Crippen LogP contribution is -2.15. The molecule has 0 bridgehead atoms. The largest absolute Gasteiger partial charge is 0.358 e. The lowest BCUT2D eigenvalue weighted by atomic mass is 9.89. The number of H-pyrrole nitrogens is 1. The van der Waals surface area contributed by atoms with Crippen LogP contribution in [0.2, 0.25) is 0 Å². The lowest BCUT2D eigenvalue weighted by Gasteiger charge is -2.18. The molecule has 0 amide bonds. The standard InChI is InChI=1S/C16H19NO/c1-3-12-10(2)17-15-13-7-5-4-6-11(13)8-9-14(15)16(12)18/h8-9H,3-7H2,1-2H3,(H,17,18). The molecule has 0 saturated carbocycles. The van der Waals surface area contributed by atoms with E-state index < -0.39 is 0 Å². The number of pyridine rings is 1. The van der Waals surface area contributed by atoms with Gasteiger partial charge in [-0.2, -0.15) is 0 Å². The highest BCUT2D eigenvalue weighted by Crippen LogP contribution is 2.27. The van der Waals surface area contributed by atoms with Crippen LogP contribution in [0, 0.1) is 6.92 Å². The van der Waals surface area contributed by atoms with Gasteiger partial charge in [0.05, 0.1) is 5.52 Å². The highest BCUT2D eigenvalue weighted by molar-refractivity contribution is 5.84. The van der Waals surface area contributed by atoms with Gasteiger partial charge < -0.3 is 4.98 Å². The van der Waals surface area contributed by atoms with Gasteiger partial charge in [0.2, 0.25) is 0 Å². The maximum atomic E-state index is 12.4. The Bertz CT molecular complexity index is 667. The number of hydrogen-bond acceptors (Lipinski definition) is 1. The van der Waals surface area contributed by atoms with Crippen LogP contribution in [0.15, 0.2) is 16.9 Å². The number of aryl methyl sites for hydroxylation is 3. The Labute approximate surface area is 107 Å². The van der Waals surface area contributed by atoms with Crippen molar-refractivity contribution in [2.75, 3.05) is 0 Å². The molecular weight excluding hydrogens is 222 g/mol. The molecule has 0 saturated heterocycles. The molecule has 1 heterocycles. The van der Waals surface area contributed by atoms with Gasteiger partial charge in [-0.3, -0.25) is 4.79 Å². The second-order valence-electron chi connectivity index (χ2n) is 5.24. The molecule has 0 fully saturated rings. The van der Waals surface area contributed by atoms with Gasteiger partial charge in [0.25, 0.3) is 0 Å². The van der Waals surface area contributed by atoms with Crippen LogP contribution in [-0.2, 0) is 19.3 Å². The minimum atomic E-state index is 0.220. The molecule has 1 aliphatic carbocycles. The first-order valence-corrected chi connectivity index (χ1v) is 6.88. The number of aromatic nitrogens is 1. The zero-order valence-electron chi connectivity index (χ0n) is 11.1. The summed E-state index contributed by atoms with van der Waals surface area (Å²) in [4.78, 5) is 15.9. The van der Waals surface area contributed by atoms with Gasteiger partial charge in [-0.05, 0) is 56.2 Å². The van der Waals surface area contributed by atoms with E-state index in [0.29, 0.717) is 0 Å². The smallest absolute Gasteiger partial charge is 0.192 e. The molecule has 18 heavy (non-hydrogen) atoms. The Morgan fingerprint density at radius 1 is 1.22 bits per heavy atom. The molecule has 2 heteroatoms. The molecule has 3 rings (SSSR count). The number of aromatic amines is 1. The van der Waals surface area contributed by atoms with Gasteiger partial charge in [-0.25, -0.2) is 0 Å². The SMILES string of the molecule is CCc1c(C)[nH]c2c3c(ccc2c1=O)CCCC3. The Kier molecular flexibility index (Phi) is 2.73. The molecule has 1 aliphatic rings. The summed E-state index contributed by atoms with van der Waals surface area (Å²) in [7, 11) is 0. The number of nitrogens with one attached hydrogen (secondary N) is 1. The van der Waals surface area contributed by atoms with Crippen LogP contribution < -0.4 is 5.43 Å². The van der Waals surface area contributed by atoms with E-state index in [9.17, 15) is 4.79 Å². The maximum Gasteiger partial charge on any atom is 0.192 e. The summed E-state index contributed by atoms with van der Waals surface area (Å²) < 4.78 is 0. The zero-order valence-corrected chi connectivity index (χ0v) is 11.1. The third-order valence-corrected chi connectivity index (χ3v) is 4.17. The summed E-state index contributed by atoms with van der Waals surface area (Å²) in [5, 5.41) is 0.873. The third kappa shape index (κ3) is 1.59. The highest BCUT2D eigenvalue weighted by atomic mass is 16.1. The number of fused-ring (bicyclic) bond motifs is 3. The van der Waals surface area contributed by atoms with E-state index in [1.807, 2.05) is 19.9 Å². The number of hydrogen-bond donors (Lipinski definition) is 1. The van der Waals surface area contributed by atoms with Crippen LogP contribution in [0.4, 0.5) is 0 Å². The molecule has 0 atom stereocenters. The topological polar surface area (TPSA) is 32.9 Å². The molecule has 0 spiro atoms. The van der Waals surface area contributed by atoms with Gasteiger partial charge in [0, 0.05) is 16.6 Å². The number of benzene rings is 1. The molecule has 0 aliphatic heterocycles. The zero-order chi connectivity index (χ0) is 12.7. The van der Waals surface area contributed by atoms with Crippen molar-refractivity contribution >= 4 is 10.9 Å². The van der Waals surface area contributed by atoms with E-state index in [4.69, 9.17) is 0 Å². The third-order valence-electron chi connectivity index (χ3n) is 4.17. The molecule has 1 aromatic carbocycles.